The van der Waals surface area contributed by atoms with Crippen molar-refractivity contribution in [3.8, 4) is 11.5 Å². The molecule has 0 saturated carbocycles. The number of non-ortho nitro benzene ring substituents is 1. The van der Waals surface area contributed by atoms with Gasteiger partial charge in [0.1, 0.15) is 0 Å². The first kappa shape index (κ1) is 17.7. The second-order valence-corrected chi connectivity index (χ2v) is 5.54. The first-order valence-electron chi connectivity index (χ1n) is 7.02. The van der Waals surface area contributed by atoms with Gasteiger partial charge in [-0.25, -0.2) is 0 Å². The Labute approximate surface area is 146 Å². The van der Waals surface area contributed by atoms with E-state index >= 15 is 0 Å². The van der Waals surface area contributed by atoms with E-state index in [4.69, 9.17) is 9.47 Å². The molecule has 126 valence electrons. The van der Waals surface area contributed by atoms with Crippen LogP contribution in [0.15, 0.2) is 40.9 Å². The number of nitro groups is 1. The van der Waals surface area contributed by atoms with Gasteiger partial charge in [0.05, 0.1) is 23.1 Å². The largest absolute Gasteiger partial charge is 0.492 e. The molecule has 1 amide bonds. The molecule has 1 N–H and O–H groups in total. The summed E-state index contributed by atoms with van der Waals surface area (Å²) in [5.74, 6) is 0.502. The molecule has 8 heteroatoms. The first-order valence-corrected chi connectivity index (χ1v) is 7.81. The van der Waals surface area contributed by atoms with E-state index in [2.05, 4.69) is 21.2 Å². The van der Waals surface area contributed by atoms with Gasteiger partial charge in [0.25, 0.3) is 11.6 Å². The number of hydrogen-bond donors (Lipinski definition) is 1. The predicted molar refractivity (Wildman–Crippen MR) is 92.9 cm³/mol. The average molecular weight is 395 g/mol. The van der Waals surface area contributed by atoms with Gasteiger partial charge in [-0.3, -0.25) is 14.9 Å². The SMILES string of the molecule is CCOc1cc(C(=O)Nc2cccc([N+](=O)[O-])c2)cc(Br)c1OC. The summed E-state index contributed by atoms with van der Waals surface area (Å²) in [4.78, 5) is 22.7. The van der Waals surface area contributed by atoms with Gasteiger partial charge in [-0.05, 0) is 41.1 Å². The molecule has 7 nitrogen and oxygen atoms in total. The van der Waals surface area contributed by atoms with Crippen molar-refractivity contribution < 1.29 is 19.2 Å². The van der Waals surface area contributed by atoms with Crippen molar-refractivity contribution in [2.45, 2.75) is 6.92 Å². The van der Waals surface area contributed by atoms with Gasteiger partial charge >= 0.3 is 0 Å². The minimum Gasteiger partial charge on any atom is -0.492 e. The van der Waals surface area contributed by atoms with E-state index in [0.717, 1.165) is 0 Å². The minimum atomic E-state index is -0.521. The molecule has 0 aliphatic carbocycles. The van der Waals surface area contributed by atoms with Crippen LogP contribution in [-0.2, 0) is 0 Å². The zero-order valence-electron chi connectivity index (χ0n) is 13.0. The lowest BCUT2D eigenvalue weighted by Crippen LogP contribution is -2.12. The summed E-state index contributed by atoms with van der Waals surface area (Å²) >= 11 is 3.34. The van der Waals surface area contributed by atoms with Gasteiger partial charge in [0, 0.05) is 23.4 Å². The Hall–Kier alpha value is -2.61. The lowest BCUT2D eigenvalue weighted by molar-refractivity contribution is -0.384. The summed E-state index contributed by atoms with van der Waals surface area (Å²) in [6.45, 7) is 2.24. The molecule has 0 unspecified atom stereocenters. The van der Waals surface area contributed by atoms with E-state index in [1.807, 2.05) is 6.92 Å². The summed E-state index contributed by atoms with van der Waals surface area (Å²) in [5, 5.41) is 13.4. The number of methoxy groups -OCH3 is 1. The topological polar surface area (TPSA) is 90.7 Å². The molecule has 2 rings (SSSR count). The maximum Gasteiger partial charge on any atom is 0.271 e. The minimum absolute atomic E-state index is 0.0984. The average Bonchev–Trinajstić information content (AvgIpc) is 2.55. The van der Waals surface area contributed by atoms with Crippen LogP contribution in [-0.4, -0.2) is 24.5 Å². The number of carbonyl (C=O) groups excluding carboxylic acids is 1. The number of amides is 1. The summed E-state index contributed by atoms with van der Waals surface area (Å²) in [7, 11) is 1.51. The van der Waals surface area contributed by atoms with Gasteiger partial charge in [0.2, 0.25) is 0 Å². The number of hydrogen-bond acceptors (Lipinski definition) is 5. The Kier molecular flexibility index (Phi) is 5.75. The summed E-state index contributed by atoms with van der Waals surface area (Å²) in [5.41, 5.74) is 0.565. The van der Waals surface area contributed by atoms with Crippen molar-refractivity contribution in [1.29, 1.82) is 0 Å². The molecule has 0 heterocycles. The van der Waals surface area contributed by atoms with Crippen molar-refractivity contribution in [3.05, 3.63) is 56.5 Å². The lowest BCUT2D eigenvalue weighted by Gasteiger charge is -2.13. The van der Waals surface area contributed by atoms with E-state index in [0.29, 0.717) is 33.8 Å². The second kappa shape index (κ2) is 7.78. The van der Waals surface area contributed by atoms with Crippen molar-refractivity contribution in [2.24, 2.45) is 0 Å². The Morgan fingerprint density at radius 1 is 1.33 bits per heavy atom. The van der Waals surface area contributed by atoms with E-state index in [9.17, 15) is 14.9 Å². The van der Waals surface area contributed by atoms with Gasteiger partial charge in [-0.1, -0.05) is 6.07 Å². The van der Waals surface area contributed by atoms with Crippen LogP contribution in [0.4, 0.5) is 11.4 Å². The molecule has 0 spiro atoms. The van der Waals surface area contributed by atoms with E-state index in [-0.39, 0.29) is 5.69 Å². The third kappa shape index (κ3) is 4.02. The fraction of sp³-hybridized carbons (Fsp3) is 0.188. The van der Waals surface area contributed by atoms with Gasteiger partial charge < -0.3 is 14.8 Å². The molecule has 0 radical (unpaired) electrons. The van der Waals surface area contributed by atoms with Crippen molar-refractivity contribution in [1.82, 2.24) is 0 Å². The van der Waals surface area contributed by atoms with Crippen LogP contribution in [0.2, 0.25) is 0 Å². The molecule has 0 bridgehead atoms. The number of rotatable bonds is 6. The Balaban J connectivity index is 2.29. The van der Waals surface area contributed by atoms with Crippen molar-refractivity contribution >= 4 is 33.2 Å². The molecule has 2 aromatic rings. The molecule has 0 fully saturated rings. The number of carbonyl (C=O) groups is 1. The number of nitrogens with zero attached hydrogens (tertiary/aromatic N) is 1. The second-order valence-electron chi connectivity index (χ2n) is 4.68. The van der Waals surface area contributed by atoms with E-state index in [1.54, 1.807) is 18.2 Å². The molecular formula is C16H15BrN2O5. The Morgan fingerprint density at radius 3 is 2.71 bits per heavy atom. The standard InChI is InChI=1S/C16H15BrN2O5/c1-3-24-14-8-10(7-13(17)15(14)23-2)16(20)18-11-5-4-6-12(9-11)19(21)22/h4-9H,3H2,1-2H3,(H,18,20). The summed E-state index contributed by atoms with van der Waals surface area (Å²) < 4.78 is 11.3. The molecular weight excluding hydrogens is 380 g/mol. The molecule has 0 aliphatic rings. The maximum atomic E-state index is 12.4. The number of benzene rings is 2. The summed E-state index contributed by atoms with van der Waals surface area (Å²) in [6.07, 6.45) is 0. The van der Waals surface area contributed by atoms with Crippen LogP contribution >= 0.6 is 15.9 Å². The molecule has 2 aromatic carbocycles. The number of ether oxygens (including phenoxy) is 2. The van der Waals surface area contributed by atoms with Gasteiger partial charge in [-0.15, -0.1) is 0 Å². The highest BCUT2D eigenvalue weighted by Gasteiger charge is 2.16. The van der Waals surface area contributed by atoms with Crippen LogP contribution in [0.5, 0.6) is 11.5 Å². The number of anilines is 1. The van der Waals surface area contributed by atoms with Gasteiger partial charge in [0.15, 0.2) is 11.5 Å². The highest BCUT2D eigenvalue weighted by molar-refractivity contribution is 9.10. The highest BCUT2D eigenvalue weighted by Crippen LogP contribution is 2.36. The predicted octanol–water partition coefficient (Wildman–Crippen LogP) is 4.02. The lowest BCUT2D eigenvalue weighted by atomic mass is 10.1. The Morgan fingerprint density at radius 2 is 2.08 bits per heavy atom. The zero-order valence-corrected chi connectivity index (χ0v) is 14.6. The third-order valence-electron chi connectivity index (χ3n) is 3.09. The zero-order chi connectivity index (χ0) is 17.7. The quantitative estimate of drug-likeness (QED) is 0.590. The molecule has 0 aliphatic heterocycles. The van der Waals surface area contributed by atoms with Gasteiger partial charge in [-0.2, -0.15) is 0 Å². The number of nitro benzene ring substituents is 1. The fourth-order valence-corrected chi connectivity index (χ4v) is 2.66. The molecule has 0 saturated heterocycles. The first-order chi connectivity index (χ1) is 11.5. The van der Waals surface area contributed by atoms with Crippen LogP contribution in [0, 0.1) is 10.1 Å². The van der Waals surface area contributed by atoms with Crippen molar-refractivity contribution in [3.63, 3.8) is 0 Å². The normalized spacial score (nSPS) is 10.1. The van der Waals surface area contributed by atoms with Crippen LogP contribution in [0.25, 0.3) is 0 Å². The highest BCUT2D eigenvalue weighted by atomic mass is 79.9. The van der Waals surface area contributed by atoms with Crippen LogP contribution in [0.1, 0.15) is 17.3 Å². The smallest absolute Gasteiger partial charge is 0.271 e. The molecule has 24 heavy (non-hydrogen) atoms. The van der Waals surface area contributed by atoms with E-state index < -0.39 is 10.8 Å². The molecule has 0 aromatic heterocycles. The third-order valence-corrected chi connectivity index (χ3v) is 3.68. The number of halogens is 1. The Bertz CT molecular complexity index is 779. The number of nitrogens with one attached hydrogen (secondary N) is 1. The fourth-order valence-electron chi connectivity index (χ4n) is 2.06. The van der Waals surface area contributed by atoms with Crippen LogP contribution in [0.3, 0.4) is 0 Å². The van der Waals surface area contributed by atoms with Crippen LogP contribution < -0.4 is 14.8 Å². The summed E-state index contributed by atoms with van der Waals surface area (Å²) in [6, 6.07) is 8.87. The monoisotopic (exact) mass is 394 g/mol. The maximum absolute atomic E-state index is 12.4. The van der Waals surface area contributed by atoms with E-state index in [1.165, 1.54) is 25.3 Å². The molecule has 0 atom stereocenters. The van der Waals surface area contributed by atoms with Crippen molar-refractivity contribution in [2.75, 3.05) is 19.0 Å².